The van der Waals surface area contributed by atoms with Gasteiger partial charge in [0.25, 0.3) is 11.5 Å². The number of pyridine rings is 1. The number of carboxylic acid groups (broad SMARTS) is 1. The number of carbonyl (C=O) groups is 2. The van der Waals surface area contributed by atoms with Gasteiger partial charge in [-0.3, -0.25) is 14.4 Å². The lowest BCUT2D eigenvalue weighted by Crippen LogP contribution is -2.32. The number of carbonyl (C=O) groups excluding carboxylic acids is 1. The number of rotatable bonds is 6. The Morgan fingerprint density at radius 3 is 2.68 bits per heavy atom. The van der Waals surface area contributed by atoms with Crippen molar-refractivity contribution in [2.45, 2.75) is 26.7 Å². The summed E-state index contributed by atoms with van der Waals surface area (Å²) in [4.78, 5) is 36.3. The second-order valence-corrected chi connectivity index (χ2v) is 4.63. The number of nitrogens with one attached hydrogen (secondary N) is 2. The molecule has 1 aromatic rings. The van der Waals surface area contributed by atoms with E-state index in [2.05, 4.69) is 10.3 Å². The van der Waals surface area contributed by atoms with Crippen LogP contribution in [0.2, 0.25) is 0 Å². The zero-order valence-corrected chi connectivity index (χ0v) is 11.0. The summed E-state index contributed by atoms with van der Waals surface area (Å²) in [7, 11) is 0. The second-order valence-electron chi connectivity index (χ2n) is 4.63. The van der Waals surface area contributed by atoms with Gasteiger partial charge in [-0.1, -0.05) is 6.92 Å². The fraction of sp³-hybridized carbons (Fsp3) is 0.462. The lowest BCUT2D eigenvalue weighted by Gasteiger charge is -2.11. The Bertz CT molecular complexity index is 522. The smallest absolute Gasteiger partial charge is 0.303 e. The molecule has 0 aliphatic heterocycles. The second kappa shape index (κ2) is 6.72. The lowest BCUT2D eigenvalue weighted by molar-refractivity contribution is -0.137. The van der Waals surface area contributed by atoms with Gasteiger partial charge < -0.3 is 15.4 Å². The van der Waals surface area contributed by atoms with Crippen LogP contribution in [-0.4, -0.2) is 28.5 Å². The Morgan fingerprint density at radius 2 is 2.11 bits per heavy atom. The van der Waals surface area contributed by atoms with Crippen molar-refractivity contribution in [1.29, 1.82) is 0 Å². The number of hydrogen-bond acceptors (Lipinski definition) is 3. The molecular weight excluding hydrogens is 248 g/mol. The SMILES string of the molecule is Cc1ccc(C(=O)NCC(C)CCC(=O)O)c(=O)[nH]1. The topological polar surface area (TPSA) is 99.3 Å². The van der Waals surface area contributed by atoms with Crippen LogP contribution in [0.25, 0.3) is 0 Å². The molecule has 0 aliphatic carbocycles. The number of hydrogen-bond donors (Lipinski definition) is 3. The highest BCUT2D eigenvalue weighted by Gasteiger charge is 2.12. The van der Waals surface area contributed by atoms with E-state index in [4.69, 9.17) is 5.11 Å². The Morgan fingerprint density at radius 1 is 1.42 bits per heavy atom. The average molecular weight is 266 g/mol. The highest BCUT2D eigenvalue weighted by Crippen LogP contribution is 2.04. The van der Waals surface area contributed by atoms with Crippen molar-refractivity contribution in [1.82, 2.24) is 10.3 Å². The van der Waals surface area contributed by atoms with Crippen LogP contribution < -0.4 is 10.9 Å². The molecule has 0 aliphatic rings. The van der Waals surface area contributed by atoms with E-state index in [0.717, 1.165) is 0 Å². The first-order valence-corrected chi connectivity index (χ1v) is 6.10. The molecule has 0 spiro atoms. The van der Waals surface area contributed by atoms with E-state index in [-0.39, 0.29) is 17.9 Å². The summed E-state index contributed by atoms with van der Waals surface area (Å²) < 4.78 is 0. The molecule has 0 bridgehead atoms. The van der Waals surface area contributed by atoms with Gasteiger partial charge in [-0.05, 0) is 31.4 Å². The minimum atomic E-state index is -0.854. The maximum Gasteiger partial charge on any atom is 0.303 e. The monoisotopic (exact) mass is 266 g/mol. The van der Waals surface area contributed by atoms with Gasteiger partial charge in [0.1, 0.15) is 5.56 Å². The number of aryl methyl sites for hydroxylation is 1. The number of aliphatic carboxylic acids is 1. The minimum absolute atomic E-state index is 0.0459. The largest absolute Gasteiger partial charge is 0.481 e. The van der Waals surface area contributed by atoms with Gasteiger partial charge in [0.15, 0.2) is 0 Å². The minimum Gasteiger partial charge on any atom is -0.481 e. The van der Waals surface area contributed by atoms with Gasteiger partial charge in [0.2, 0.25) is 0 Å². The average Bonchev–Trinajstić information content (AvgIpc) is 2.33. The molecule has 1 unspecified atom stereocenters. The Kier molecular flexibility index (Phi) is 5.29. The Hall–Kier alpha value is -2.11. The summed E-state index contributed by atoms with van der Waals surface area (Å²) >= 11 is 0. The van der Waals surface area contributed by atoms with Gasteiger partial charge in [0, 0.05) is 18.7 Å². The highest BCUT2D eigenvalue weighted by molar-refractivity contribution is 5.93. The van der Waals surface area contributed by atoms with Crippen LogP contribution in [0.1, 0.15) is 35.8 Å². The predicted molar refractivity (Wildman–Crippen MR) is 70.2 cm³/mol. The van der Waals surface area contributed by atoms with Crippen LogP contribution in [0.4, 0.5) is 0 Å². The summed E-state index contributed by atoms with van der Waals surface area (Å²) in [6.45, 7) is 3.93. The number of aromatic nitrogens is 1. The van der Waals surface area contributed by atoms with Crippen LogP contribution in [-0.2, 0) is 4.79 Å². The molecule has 1 amide bonds. The molecule has 0 fully saturated rings. The van der Waals surface area contributed by atoms with Crippen molar-refractivity contribution in [3.63, 3.8) is 0 Å². The normalized spacial score (nSPS) is 11.9. The number of amides is 1. The van der Waals surface area contributed by atoms with Crippen LogP contribution in [0.15, 0.2) is 16.9 Å². The van der Waals surface area contributed by atoms with Crippen molar-refractivity contribution in [3.05, 3.63) is 33.7 Å². The number of carboxylic acids is 1. The van der Waals surface area contributed by atoms with Crippen molar-refractivity contribution in [2.24, 2.45) is 5.92 Å². The molecule has 3 N–H and O–H groups in total. The molecular formula is C13H18N2O4. The molecule has 6 nitrogen and oxygen atoms in total. The first-order chi connectivity index (χ1) is 8.90. The molecule has 104 valence electrons. The van der Waals surface area contributed by atoms with Gasteiger partial charge in [-0.2, -0.15) is 0 Å². The maximum atomic E-state index is 11.8. The first kappa shape index (κ1) is 14.9. The van der Waals surface area contributed by atoms with Crippen LogP contribution >= 0.6 is 0 Å². The van der Waals surface area contributed by atoms with E-state index >= 15 is 0 Å². The van der Waals surface area contributed by atoms with E-state index in [9.17, 15) is 14.4 Å². The molecule has 1 atom stereocenters. The van der Waals surface area contributed by atoms with Crippen LogP contribution in [0.5, 0.6) is 0 Å². The molecule has 1 heterocycles. The summed E-state index contributed by atoms with van der Waals surface area (Å²) in [5, 5.41) is 11.2. The number of H-pyrrole nitrogens is 1. The van der Waals surface area contributed by atoms with E-state index in [0.29, 0.717) is 18.7 Å². The fourth-order valence-corrected chi connectivity index (χ4v) is 1.58. The van der Waals surface area contributed by atoms with Crippen molar-refractivity contribution in [2.75, 3.05) is 6.54 Å². The van der Waals surface area contributed by atoms with Crippen molar-refractivity contribution >= 4 is 11.9 Å². The zero-order valence-electron chi connectivity index (χ0n) is 11.0. The summed E-state index contributed by atoms with van der Waals surface area (Å²) in [6.07, 6.45) is 0.558. The Labute approximate surface area is 110 Å². The molecule has 0 saturated heterocycles. The molecule has 1 aromatic heterocycles. The van der Waals surface area contributed by atoms with E-state index in [1.54, 1.807) is 13.0 Å². The van der Waals surface area contributed by atoms with Gasteiger partial charge in [0.05, 0.1) is 0 Å². The highest BCUT2D eigenvalue weighted by atomic mass is 16.4. The van der Waals surface area contributed by atoms with E-state index in [1.165, 1.54) is 6.07 Å². The maximum absolute atomic E-state index is 11.8. The first-order valence-electron chi connectivity index (χ1n) is 6.10. The molecule has 0 radical (unpaired) electrons. The van der Waals surface area contributed by atoms with Gasteiger partial charge in [-0.25, -0.2) is 0 Å². The summed E-state index contributed by atoms with van der Waals surface area (Å²) in [5.41, 5.74) is 0.336. The van der Waals surface area contributed by atoms with Crippen LogP contribution in [0, 0.1) is 12.8 Å². The third-order valence-electron chi connectivity index (χ3n) is 2.76. The third kappa shape index (κ3) is 4.95. The van der Waals surface area contributed by atoms with Gasteiger partial charge >= 0.3 is 5.97 Å². The molecule has 19 heavy (non-hydrogen) atoms. The lowest BCUT2D eigenvalue weighted by atomic mass is 10.1. The molecule has 1 rings (SSSR count). The van der Waals surface area contributed by atoms with E-state index in [1.807, 2.05) is 6.92 Å². The summed E-state index contributed by atoms with van der Waals surface area (Å²) in [5.74, 6) is -1.25. The van der Waals surface area contributed by atoms with Crippen molar-refractivity contribution in [3.8, 4) is 0 Å². The number of aromatic amines is 1. The summed E-state index contributed by atoms with van der Waals surface area (Å²) in [6, 6.07) is 3.13. The quantitative estimate of drug-likeness (QED) is 0.712. The standard InChI is InChI=1S/C13H18N2O4/c1-8(3-6-11(16)17)7-14-12(18)10-5-4-9(2)15-13(10)19/h4-5,8H,3,6-7H2,1-2H3,(H,14,18)(H,15,19)(H,16,17). The third-order valence-corrected chi connectivity index (χ3v) is 2.76. The predicted octanol–water partition coefficient (Wildman–Crippen LogP) is 0.914. The van der Waals surface area contributed by atoms with Crippen LogP contribution in [0.3, 0.4) is 0 Å². The molecule has 0 saturated carbocycles. The van der Waals surface area contributed by atoms with Crippen molar-refractivity contribution < 1.29 is 14.7 Å². The zero-order chi connectivity index (χ0) is 14.4. The molecule has 0 aromatic carbocycles. The van der Waals surface area contributed by atoms with Gasteiger partial charge in [-0.15, -0.1) is 0 Å². The molecule has 6 heteroatoms. The fourth-order valence-electron chi connectivity index (χ4n) is 1.58. The van der Waals surface area contributed by atoms with E-state index < -0.39 is 17.4 Å². The Balaban J connectivity index is 2.51.